The molecule has 7 heteroatoms. The molecule has 0 saturated heterocycles. The van der Waals surface area contributed by atoms with E-state index in [9.17, 15) is 19.5 Å². The van der Waals surface area contributed by atoms with E-state index in [0.717, 1.165) is 24.0 Å². The molecule has 34 heavy (non-hydrogen) atoms. The van der Waals surface area contributed by atoms with Crippen molar-refractivity contribution in [3.63, 3.8) is 0 Å². The number of hydrogen-bond acceptors (Lipinski definition) is 4. The first-order valence-corrected chi connectivity index (χ1v) is 12.1. The summed E-state index contributed by atoms with van der Waals surface area (Å²) in [6, 6.07) is 15.6. The van der Waals surface area contributed by atoms with Gasteiger partial charge in [-0.25, -0.2) is 9.59 Å². The molecule has 2 aliphatic rings. The number of ether oxygens (including phenoxy) is 1. The van der Waals surface area contributed by atoms with Gasteiger partial charge in [-0.15, -0.1) is 0 Å². The number of benzene rings is 2. The molecule has 2 aliphatic carbocycles. The highest BCUT2D eigenvalue weighted by atomic mass is 16.5. The van der Waals surface area contributed by atoms with Gasteiger partial charge in [0.15, 0.2) is 0 Å². The van der Waals surface area contributed by atoms with Crippen molar-refractivity contribution in [2.45, 2.75) is 51.0 Å². The van der Waals surface area contributed by atoms with Crippen molar-refractivity contribution >= 4 is 18.0 Å². The molecule has 1 fully saturated rings. The van der Waals surface area contributed by atoms with Gasteiger partial charge in [-0.2, -0.15) is 0 Å². The van der Waals surface area contributed by atoms with Crippen LogP contribution in [0.25, 0.3) is 11.1 Å². The zero-order chi connectivity index (χ0) is 24.1. The molecule has 4 rings (SSSR count). The van der Waals surface area contributed by atoms with Crippen LogP contribution in [0.3, 0.4) is 0 Å². The van der Waals surface area contributed by atoms with Gasteiger partial charge in [-0.1, -0.05) is 68.3 Å². The average molecular weight is 465 g/mol. The highest BCUT2D eigenvalue weighted by Gasteiger charge is 2.31. The van der Waals surface area contributed by atoms with Crippen molar-refractivity contribution in [1.82, 2.24) is 10.6 Å². The molecule has 0 spiro atoms. The van der Waals surface area contributed by atoms with Gasteiger partial charge < -0.3 is 20.5 Å². The molecule has 0 heterocycles. The highest BCUT2D eigenvalue weighted by molar-refractivity contribution is 5.84. The van der Waals surface area contributed by atoms with Crippen molar-refractivity contribution in [1.29, 1.82) is 0 Å². The minimum Gasteiger partial charge on any atom is -0.480 e. The largest absolute Gasteiger partial charge is 0.480 e. The lowest BCUT2D eigenvalue weighted by Crippen LogP contribution is -2.43. The normalized spacial score (nSPS) is 16.1. The summed E-state index contributed by atoms with van der Waals surface area (Å²) in [5, 5.41) is 14.7. The molecule has 3 N–H and O–H groups in total. The van der Waals surface area contributed by atoms with Crippen LogP contribution in [0.1, 0.15) is 56.1 Å². The van der Waals surface area contributed by atoms with E-state index in [0.29, 0.717) is 31.7 Å². The summed E-state index contributed by atoms with van der Waals surface area (Å²) in [5.74, 6) is -1.14. The summed E-state index contributed by atoms with van der Waals surface area (Å²) in [5.41, 5.74) is 4.69. The Morgan fingerprint density at radius 1 is 1.03 bits per heavy atom. The van der Waals surface area contributed by atoms with Gasteiger partial charge in [0, 0.05) is 18.4 Å². The quantitative estimate of drug-likeness (QED) is 0.430. The molecule has 2 aromatic carbocycles. The number of carboxylic acid groups (broad SMARTS) is 1. The minimum atomic E-state index is -0.982. The number of carboxylic acids is 1. The van der Waals surface area contributed by atoms with Gasteiger partial charge >= 0.3 is 12.1 Å². The topological polar surface area (TPSA) is 105 Å². The van der Waals surface area contributed by atoms with Gasteiger partial charge in [0.1, 0.15) is 12.6 Å². The fourth-order valence-corrected chi connectivity index (χ4v) is 4.60. The van der Waals surface area contributed by atoms with E-state index in [2.05, 4.69) is 34.9 Å². The lowest BCUT2D eigenvalue weighted by Gasteiger charge is -2.18. The van der Waals surface area contributed by atoms with E-state index in [1.54, 1.807) is 6.92 Å². The molecule has 2 atom stereocenters. The van der Waals surface area contributed by atoms with Crippen molar-refractivity contribution in [2.75, 3.05) is 13.2 Å². The summed E-state index contributed by atoms with van der Waals surface area (Å²) in [7, 11) is 0. The van der Waals surface area contributed by atoms with Gasteiger partial charge in [-0.05, 0) is 47.4 Å². The zero-order valence-corrected chi connectivity index (χ0v) is 19.5. The van der Waals surface area contributed by atoms with E-state index >= 15 is 0 Å². The molecule has 2 amide bonds. The number of carbonyl (C=O) groups excluding carboxylic acids is 2. The fourth-order valence-electron chi connectivity index (χ4n) is 4.60. The lowest BCUT2D eigenvalue weighted by molar-refractivity contribution is -0.142. The second-order valence-corrected chi connectivity index (χ2v) is 9.37. The molecule has 0 aliphatic heterocycles. The third kappa shape index (κ3) is 5.76. The standard InChI is InChI=1S/C27H32N2O5/c1-17(25(30)29-24(26(31)32)15-18-12-13-18)7-6-14-28-27(33)34-16-23-21-10-4-2-8-19(21)20-9-3-5-11-22(20)23/h2-5,8-11,17-18,23-24H,6-7,12-16H2,1H3,(H,28,33)(H,29,30)(H,31,32). The van der Waals surface area contributed by atoms with Crippen LogP contribution in [0.4, 0.5) is 4.79 Å². The van der Waals surface area contributed by atoms with Crippen molar-refractivity contribution in [2.24, 2.45) is 11.8 Å². The monoisotopic (exact) mass is 464 g/mol. The van der Waals surface area contributed by atoms with Crippen LogP contribution in [0.15, 0.2) is 48.5 Å². The molecule has 180 valence electrons. The SMILES string of the molecule is CC(CCCNC(=O)OCC1c2ccccc2-c2ccccc21)C(=O)NC(CC1CC1)C(=O)O. The number of carbonyl (C=O) groups is 3. The van der Waals surface area contributed by atoms with Crippen LogP contribution in [0.5, 0.6) is 0 Å². The molecular formula is C27H32N2O5. The smallest absolute Gasteiger partial charge is 0.407 e. The van der Waals surface area contributed by atoms with Crippen molar-refractivity contribution in [3.8, 4) is 11.1 Å². The van der Waals surface area contributed by atoms with E-state index in [1.807, 2.05) is 24.3 Å². The summed E-state index contributed by atoms with van der Waals surface area (Å²) in [4.78, 5) is 36.0. The zero-order valence-electron chi connectivity index (χ0n) is 19.5. The first-order chi connectivity index (χ1) is 16.4. The molecule has 0 bridgehead atoms. The second-order valence-electron chi connectivity index (χ2n) is 9.37. The van der Waals surface area contributed by atoms with E-state index < -0.39 is 18.1 Å². The van der Waals surface area contributed by atoms with Crippen LogP contribution in [-0.2, 0) is 14.3 Å². The highest BCUT2D eigenvalue weighted by Crippen LogP contribution is 2.44. The van der Waals surface area contributed by atoms with Gasteiger partial charge in [0.05, 0.1) is 0 Å². The predicted molar refractivity (Wildman–Crippen MR) is 128 cm³/mol. The first-order valence-electron chi connectivity index (χ1n) is 12.1. The molecular weight excluding hydrogens is 432 g/mol. The molecule has 2 aromatic rings. The first kappa shape index (κ1) is 23.8. The number of nitrogens with one attached hydrogen (secondary N) is 2. The van der Waals surface area contributed by atoms with Crippen molar-refractivity contribution < 1.29 is 24.2 Å². The lowest BCUT2D eigenvalue weighted by atomic mass is 9.98. The summed E-state index contributed by atoms with van der Waals surface area (Å²) in [6.07, 6.45) is 3.24. The Labute approximate surface area is 199 Å². The average Bonchev–Trinajstić information content (AvgIpc) is 3.60. The Balaban J connectivity index is 1.18. The number of fused-ring (bicyclic) bond motifs is 3. The molecule has 0 aromatic heterocycles. The Hall–Kier alpha value is -3.35. The Kier molecular flexibility index (Phi) is 7.50. The molecule has 0 radical (unpaired) electrons. The van der Waals surface area contributed by atoms with E-state index in [4.69, 9.17) is 4.74 Å². The van der Waals surface area contributed by atoms with Crippen LogP contribution in [0.2, 0.25) is 0 Å². The fraction of sp³-hybridized carbons (Fsp3) is 0.444. The predicted octanol–water partition coefficient (Wildman–Crippen LogP) is 4.31. The Morgan fingerprint density at radius 3 is 2.24 bits per heavy atom. The number of rotatable bonds is 11. The maximum Gasteiger partial charge on any atom is 0.407 e. The molecule has 2 unspecified atom stereocenters. The number of hydrogen-bond donors (Lipinski definition) is 3. The number of amides is 2. The molecule has 7 nitrogen and oxygen atoms in total. The van der Waals surface area contributed by atoms with Crippen LogP contribution < -0.4 is 10.6 Å². The Bertz CT molecular complexity index is 1000. The van der Waals surface area contributed by atoms with E-state index in [1.165, 1.54) is 11.1 Å². The summed E-state index contributed by atoms with van der Waals surface area (Å²) >= 11 is 0. The maximum atomic E-state index is 12.4. The second kappa shape index (κ2) is 10.7. The number of alkyl carbamates (subject to hydrolysis) is 1. The van der Waals surface area contributed by atoms with Crippen LogP contribution in [-0.4, -0.2) is 42.3 Å². The third-order valence-electron chi connectivity index (χ3n) is 6.76. The summed E-state index contributed by atoms with van der Waals surface area (Å²) < 4.78 is 5.52. The van der Waals surface area contributed by atoms with Crippen molar-refractivity contribution in [3.05, 3.63) is 59.7 Å². The Morgan fingerprint density at radius 2 is 1.65 bits per heavy atom. The van der Waals surface area contributed by atoms with Crippen LogP contribution in [0, 0.1) is 11.8 Å². The van der Waals surface area contributed by atoms with E-state index in [-0.39, 0.29) is 24.3 Å². The van der Waals surface area contributed by atoms with Crippen LogP contribution >= 0.6 is 0 Å². The number of aliphatic carboxylic acids is 1. The third-order valence-corrected chi connectivity index (χ3v) is 6.76. The van der Waals surface area contributed by atoms with Gasteiger partial charge in [0.25, 0.3) is 0 Å². The minimum absolute atomic E-state index is 0.0136. The van der Waals surface area contributed by atoms with Gasteiger partial charge in [0.2, 0.25) is 5.91 Å². The maximum absolute atomic E-state index is 12.4. The summed E-state index contributed by atoms with van der Waals surface area (Å²) in [6.45, 7) is 2.42. The molecule has 1 saturated carbocycles. The van der Waals surface area contributed by atoms with Gasteiger partial charge in [-0.3, -0.25) is 4.79 Å².